The summed E-state index contributed by atoms with van der Waals surface area (Å²) in [7, 11) is 0. The van der Waals surface area contributed by atoms with Crippen molar-refractivity contribution in [3.63, 3.8) is 0 Å². The van der Waals surface area contributed by atoms with Gasteiger partial charge in [-0.25, -0.2) is 4.39 Å². The van der Waals surface area contributed by atoms with Crippen molar-refractivity contribution < 1.29 is 9.18 Å². The molecule has 2 N–H and O–H groups in total. The van der Waals surface area contributed by atoms with Gasteiger partial charge < -0.3 is 10.3 Å². The van der Waals surface area contributed by atoms with Crippen LogP contribution in [0.1, 0.15) is 47.8 Å². The first-order chi connectivity index (χ1) is 12.9. The zero-order chi connectivity index (χ0) is 19.2. The van der Waals surface area contributed by atoms with Gasteiger partial charge in [0.2, 0.25) is 0 Å². The molecule has 1 amide bonds. The number of hydrogen-bond donors (Lipinski definition) is 2. The second kappa shape index (κ2) is 6.52. The van der Waals surface area contributed by atoms with E-state index in [1.54, 1.807) is 0 Å². The van der Waals surface area contributed by atoms with Crippen LogP contribution >= 0.6 is 0 Å². The van der Waals surface area contributed by atoms with Crippen LogP contribution in [0.4, 0.5) is 4.39 Å². The van der Waals surface area contributed by atoms with Gasteiger partial charge in [-0.1, -0.05) is 32.0 Å². The first-order valence-electron chi connectivity index (χ1n) is 9.50. The Labute approximate surface area is 159 Å². The normalized spacial score (nSPS) is 20.6. The van der Waals surface area contributed by atoms with Crippen LogP contribution in [-0.2, 0) is 0 Å². The molecule has 4 rings (SSSR count). The number of H-pyrrole nitrogens is 1. The van der Waals surface area contributed by atoms with E-state index in [0.29, 0.717) is 23.9 Å². The third-order valence-corrected chi connectivity index (χ3v) is 6.15. The summed E-state index contributed by atoms with van der Waals surface area (Å²) < 4.78 is 13.0. The molecule has 2 atom stereocenters. The number of halogens is 1. The van der Waals surface area contributed by atoms with Crippen molar-refractivity contribution in [1.29, 1.82) is 0 Å². The average Bonchev–Trinajstić information content (AvgIpc) is 3.00. The number of carbonyl (C=O) groups is 1. The zero-order valence-electron chi connectivity index (χ0n) is 16.0. The minimum absolute atomic E-state index is 0.145. The lowest BCUT2D eigenvalue weighted by atomic mass is 10.0. The van der Waals surface area contributed by atoms with Gasteiger partial charge in [0.1, 0.15) is 5.82 Å². The molecule has 0 saturated heterocycles. The van der Waals surface area contributed by atoms with Crippen molar-refractivity contribution in [2.24, 2.45) is 11.3 Å². The highest BCUT2D eigenvalue weighted by Gasteiger charge is 2.58. The Bertz CT molecular complexity index is 987. The molecule has 140 valence electrons. The molecule has 0 aliphatic heterocycles. The first-order valence-corrected chi connectivity index (χ1v) is 9.50. The van der Waals surface area contributed by atoms with E-state index in [4.69, 9.17) is 0 Å². The van der Waals surface area contributed by atoms with E-state index < -0.39 is 0 Å². The Hall–Kier alpha value is -2.62. The van der Waals surface area contributed by atoms with Gasteiger partial charge in [0.15, 0.2) is 0 Å². The molecule has 0 spiro atoms. The summed E-state index contributed by atoms with van der Waals surface area (Å²) in [5.41, 5.74) is 4.57. The molecular formula is C23H25FN2O. The third-order valence-electron chi connectivity index (χ3n) is 6.15. The van der Waals surface area contributed by atoms with Crippen LogP contribution in [0.15, 0.2) is 48.5 Å². The van der Waals surface area contributed by atoms with Gasteiger partial charge in [-0.2, -0.15) is 0 Å². The summed E-state index contributed by atoms with van der Waals surface area (Å²) in [5, 5.41) is 4.29. The van der Waals surface area contributed by atoms with Crippen LogP contribution in [-0.4, -0.2) is 17.4 Å². The lowest BCUT2D eigenvalue weighted by Gasteiger charge is -2.06. The number of nitrogens with one attached hydrogen (secondary N) is 2. The highest BCUT2D eigenvalue weighted by Crippen LogP contribution is 2.67. The zero-order valence-corrected chi connectivity index (χ0v) is 16.0. The molecule has 3 aromatic rings. The number of hydrogen-bond acceptors (Lipinski definition) is 1. The number of rotatable bonds is 5. The summed E-state index contributed by atoms with van der Waals surface area (Å²) in [6.07, 6.45) is 0.934. The highest BCUT2D eigenvalue weighted by molar-refractivity contribution is 5.94. The van der Waals surface area contributed by atoms with Gasteiger partial charge in [-0.05, 0) is 66.5 Å². The van der Waals surface area contributed by atoms with E-state index in [-0.39, 0.29) is 17.1 Å². The van der Waals surface area contributed by atoms with E-state index in [0.717, 1.165) is 6.42 Å². The smallest absolute Gasteiger partial charge is 0.251 e. The van der Waals surface area contributed by atoms with E-state index >= 15 is 0 Å². The minimum Gasteiger partial charge on any atom is -0.358 e. The lowest BCUT2D eigenvalue weighted by Crippen LogP contribution is -2.25. The van der Waals surface area contributed by atoms with Gasteiger partial charge in [0.25, 0.3) is 5.91 Å². The van der Waals surface area contributed by atoms with Crippen molar-refractivity contribution in [2.45, 2.75) is 33.1 Å². The van der Waals surface area contributed by atoms with Gasteiger partial charge in [-0.3, -0.25) is 4.79 Å². The largest absolute Gasteiger partial charge is 0.358 e. The molecule has 1 aliphatic rings. The molecule has 1 fully saturated rings. The number of aryl methyl sites for hydroxylation is 1. The average molecular weight is 364 g/mol. The molecule has 2 unspecified atom stereocenters. The highest BCUT2D eigenvalue weighted by atomic mass is 19.1. The van der Waals surface area contributed by atoms with Crippen LogP contribution in [0, 0.1) is 24.1 Å². The quantitative estimate of drug-likeness (QED) is 0.644. The van der Waals surface area contributed by atoms with Crippen LogP contribution in [0.5, 0.6) is 0 Å². The number of carbonyl (C=O) groups excluding carboxylic acids is 1. The SMILES string of the molecule is Cc1[nH]c2ccccc2c1C1C(CCNC(=O)c2ccc(F)cc2)C1(C)C. The summed E-state index contributed by atoms with van der Waals surface area (Å²) in [6.45, 7) is 7.40. The van der Waals surface area contributed by atoms with E-state index in [1.807, 2.05) is 0 Å². The maximum Gasteiger partial charge on any atom is 0.251 e. The Morgan fingerprint density at radius 3 is 2.59 bits per heavy atom. The second-order valence-electron chi connectivity index (χ2n) is 8.17. The number of aromatic nitrogens is 1. The molecule has 2 aromatic carbocycles. The van der Waals surface area contributed by atoms with Crippen LogP contribution < -0.4 is 5.32 Å². The fourth-order valence-corrected chi connectivity index (χ4v) is 4.60. The molecule has 4 heteroatoms. The maximum atomic E-state index is 13.0. The fourth-order valence-electron chi connectivity index (χ4n) is 4.60. The molecule has 1 heterocycles. The number of fused-ring (bicyclic) bond motifs is 1. The van der Waals surface area contributed by atoms with Gasteiger partial charge in [0, 0.05) is 28.7 Å². The number of para-hydroxylation sites is 1. The maximum absolute atomic E-state index is 13.0. The van der Waals surface area contributed by atoms with Gasteiger partial charge >= 0.3 is 0 Å². The van der Waals surface area contributed by atoms with Crippen molar-refractivity contribution in [3.8, 4) is 0 Å². The topological polar surface area (TPSA) is 44.9 Å². The Morgan fingerprint density at radius 1 is 1.15 bits per heavy atom. The Kier molecular flexibility index (Phi) is 4.29. The molecule has 27 heavy (non-hydrogen) atoms. The molecule has 0 bridgehead atoms. The number of aromatic amines is 1. The van der Waals surface area contributed by atoms with E-state index in [9.17, 15) is 9.18 Å². The standard InChI is InChI=1S/C23H25FN2O/c1-14-20(17-6-4-5-7-19(17)26-14)21-18(23(21,2)3)12-13-25-22(27)15-8-10-16(24)11-9-15/h4-11,18,21,26H,12-13H2,1-3H3,(H,25,27). The van der Waals surface area contributed by atoms with Crippen LogP contribution in [0.25, 0.3) is 10.9 Å². The number of amides is 1. The molecule has 0 radical (unpaired) electrons. The van der Waals surface area contributed by atoms with Crippen molar-refractivity contribution in [3.05, 3.63) is 71.2 Å². The summed E-state index contributed by atoms with van der Waals surface area (Å²) >= 11 is 0. The molecule has 1 aromatic heterocycles. The van der Waals surface area contributed by atoms with E-state index in [2.05, 4.69) is 55.3 Å². The second-order valence-corrected chi connectivity index (χ2v) is 8.17. The van der Waals surface area contributed by atoms with Gasteiger partial charge in [-0.15, -0.1) is 0 Å². The van der Waals surface area contributed by atoms with E-state index in [1.165, 1.54) is 46.4 Å². The van der Waals surface area contributed by atoms with Crippen molar-refractivity contribution in [2.75, 3.05) is 6.54 Å². The molecule has 3 nitrogen and oxygen atoms in total. The Morgan fingerprint density at radius 2 is 1.85 bits per heavy atom. The lowest BCUT2D eigenvalue weighted by molar-refractivity contribution is 0.0952. The molecule has 1 aliphatic carbocycles. The summed E-state index contributed by atoms with van der Waals surface area (Å²) in [6, 6.07) is 14.1. The van der Waals surface area contributed by atoms with Gasteiger partial charge in [0.05, 0.1) is 0 Å². The van der Waals surface area contributed by atoms with Crippen molar-refractivity contribution in [1.82, 2.24) is 10.3 Å². The fraction of sp³-hybridized carbons (Fsp3) is 0.348. The van der Waals surface area contributed by atoms with Crippen LogP contribution in [0.2, 0.25) is 0 Å². The number of benzene rings is 2. The summed E-state index contributed by atoms with van der Waals surface area (Å²) in [5.74, 6) is 0.553. The Balaban J connectivity index is 1.43. The monoisotopic (exact) mass is 364 g/mol. The molecule has 1 saturated carbocycles. The first kappa shape index (κ1) is 17.8. The summed E-state index contributed by atoms with van der Waals surface area (Å²) in [4.78, 5) is 15.7. The third kappa shape index (κ3) is 3.14. The molecular weight excluding hydrogens is 339 g/mol. The van der Waals surface area contributed by atoms with Crippen LogP contribution in [0.3, 0.4) is 0 Å². The van der Waals surface area contributed by atoms with Crippen molar-refractivity contribution >= 4 is 16.8 Å². The predicted molar refractivity (Wildman–Crippen MR) is 106 cm³/mol. The minimum atomic E-state index is -0.330. The predicted octanol–water partition coefficient (Wildman–Crippen LogP) is 5.18.